The van der Waals surface area contributed by atoms with E-state index in [-0.39, 0.29) is 5.76 Å². The minimum absolute atomic E-state index is 0.255. The van der Waals surface area contributed by atoms with Gasteiger partial charge in [0.25, 0.3) is 10.0 Å². The first-order valence-electron chi connectivity index (χ1n) is 5.02. The van der Waals surface area contributed by atoms with E-state index in [0.29, 0.717) is 0 Å². The van der Waals surface area contributed by atoms with Crippen molar-refractivity contribution in [3.8, 4) is 0 Å². The number of ether oxygens (including phenoxy) is 1. The number of furan rings is 1. The Kier molecular flexibility index (Phi) is 4.12. The second-order valence-corrected chi connectivity index (χ2v) is 5.35. The summed E-state index contributed by atoms with van der Waals surface area (Å²) in [5.74, 6) is -2.21. The van der Waals surface area contributed by atoms with Gasteiger partial charge in [-0.3, -0.25) is 4.79 Å². The standard InChI is InChI=1S/C10H13NO6S/c1-6(2)9(12)11-18(14,15)8-5-4-7(17-8)10(13)16-3/h4-6H,1-3H3,(H,11,12). The van der Waals surface area contributed by atoms with Crippen LogP contribution in [0, 0.1) is 5.92 Å². The maximum atomic E-state index is 11.7. The van der Waals surface area contributed by atoms with Crippen molar-refractivity contribution in [3.63, 3.8) is 0 Å². The monoisotopic (exact) mass is 275 g/mol. The summed E-state index contributed by atoms with van der Waals surface area (Å²) in [5.41, 5.74) is 0. The van der Waals surface area contributed by atoms with Crippen LogP contribution in [0.3, 0.4) is 0 Å². The fourth-order valence-electron chi connectivity index (χ4n) is 0.975. The lowest BCUT2D eigenvalue weighted by molar-refractivity contribution is -0.122. The molecule has 18 heavy (non-hydrogen) atoms. The van der Waals surface area contributed by atoms with Gasteiger partial charge in [0, 0.05) is 5.92 Å². The Morgan fingerprint density at radius 3 is 2.44 bits per heavy atom. The number of carbonyl (C=O) groups is 2. The van der Waals surface area contributed by atoms with Crippen LogP contribution in [-0.2, 0) is 19.6 Å². The molecule has 1 heterocycles. The number of methoxy groups -OCH3 is 1. The molecule has 8 heteroatoms. The van der Waals surface area contributed by atoms with Gasteiger partial charge in [0.1, 0.15) is 0 Å². The zero-order valence-electron chi connectivity index (χ0n) is 10.1. The van der Waals surface area contributed by atoms with Crippen LogP contribution in [0.15, 0.2) is 21.6 Å². The van der Waals surface area contributed by atoms with Crippen molar-refractivity contribution >= 4 is 21.9 Å². The number of rotatable bonds is 4. The highest BCUT2D eigenvalue weighted by Crippen LogP contribution is 2.14. The highest BCUT2D eigenvalue weighted by molar-refractivity contribution is 7.89. The molecule has 0 fully saturated rings. The molecule has 0 bridgehead atoms. The van der Waals surface area contributed by atoms with E-state index in [9.17, 15) is 18.0 Å². The van der Waals surface area contributed by atoms with E-state index < -0.39 is 32.9 Å². The van der Waals surface area contributed by atoms with E-state index in [1.54, 1.807) is 13.8 Å². The SMILES string of the molecule is COC(=O)c1ccc(S(=O)(=O)NC(=O)C(C)C)o1. The molecule has 0 radical (unpaired) electrons. The molecule has 0 aliphatic carbocycles. The number of amides is 1. The molecule has 0 aliphatic heterocycles. The van der Waals surface area contributed by atoms with Crippen molar-refractivity contribution in [2.24, 2.45) is 5.92 Å². The summed E-state index contributed by atoms with van der Waals surface area (Å²) in [6.07, 6.45) is 0. The molecule has 0 aliphatic rings. The van der Waals surface area contributed by atoms with Crippen LogP contribution in [0.5, 0.6) is 0 Å². The predicted molar refractivity (Wildman–Crippen MR) is 60.2 cm³/mol. The lowest BCUT2D eigenvalue weighted by atomic mass is 10.2. The second kappa shape index (κ2) is 5.21. The second-order valence-electron chi connectivity index (χ2n) is 3.73. The number of sulfonamides is 1. The Hall–Kier alpha value is -1.83. The summed E-state index contributed by atoms with van der Waals surface area (Å²) in [5, 5.41) is -0.517. The summed E-state index contributed by atoms with van der Waals surface area (Å²) in [6.45, 7) is 3.10. The Bertz CT molecular complexity index is 557. The maximum Gasteiger partial charge on any atom is 0.374 e. The van der Waals surface area contributed by atoms with Crippen molar-refractivity contribution in [2.75, 3.05) is 7.11 Å². The number of carbonyl (C=O) groups excluding carboxylic acids is 2. The zero-order valence-corrected chi connectivity index (χ0v) is 10.9. The van der Waals surface area contributed by atoms with Crippen LogP contribution in [0.1, 0.15) is 24.4 Å². The molecule has 1 aromatic rings. The number of hydrogen-bond acceptors (Lipinski definition) is 6. The van der Waals surface area contributed by atoms with Crippen molar-refractivity contribution in [1.82, 2.24) is 4.72 Å². The summed E-state index contributed by atoms with van der Waals surface area (Å²) >= 11 is 0. The molecule has 7 nitrogen and oxygen atoms in total. The third-order valence-corrected chi connectivity index (χ3v) is 3.21. The van der Waals surface area contributed by atoms with Gasteiger partial charge in [0.05, 0.1) is 7.11 Å². The number of esters is 1. The summed E-state index contributed by atoms with van der Waals surface area (Å²) in [4.78, 5) is 22.4. The minimum atomic E-state index is -4.10. The van der Waals surface area contributed by atoms with Crippen molar-refractivity contribution in [1.29, 1.82) is 0 Å². The van der Waals surface area contributed by atoms with E-state index in [1.807, 2.05) is 4.72 Å². The van der Waals surface area contributed by atoms with Gasteiger partial charge in [-0.05, 0) is 12.1 Å². The zero-order chi connectivity index (χ0) is 13.9. The van der Waals surface area contributed by atoms with Crippen molar-refractivity contribution in [3.05, 3.63) is 17.9 Å². The van der Waals surface area contributed by atoms with Crippen LogP contribution in [0.2, 0.25) is 0 Å². The molecule has 100 valence electrons. The first-order chi connectivity index (χ1) is 8.27. The molecule has 1 N–H and O–H groups in total. The number of nitrogens with one attached hydrogen (secondary N) is 1. The van der Waals surface area contributed by atoms with Gasteiger partial charge >= 0.3 is 5.97 Å². The molecule has 0 saturated heterocycles. The van der Waals surface area contributed by atoms with Gasteiger partial charge in [-0.25, -0.2) is 9.52 Å². The highest BCUT2D eigenvalue weighted by Gasteiger charge is 2.24. The first-order valence-corrected chi connectivity index (χ1v) is 6.51. The molecular formula is C10H13NO6S. The van der Waals surface area contributed by atoms with Crippen LogP contribution in [0.4, 0.5) is 0 Å². The predicted octanol–water partition coefficient (Wildman–Crippen LogP) is 0.527. The Labute approximate surface area is 104 Å². The average molecular weight is 275 g/mol. The van der Waals surface area contributed by atoms with E-state index >= 15 is 0 Å². The van der Waals surface area contributed by atoms with E-state index in [1.165, 1.54) is 0 Å². The van der Waals surface area contributed by atoms with Gasteiger partial charge in [-0.1, -0.05) is 13.8 Å². The highest BCUT2D eigenvalue weighted by atomic mass is 32.2. The molecule has 0 aromatic carbocycles. The number of hydrogen-bond donors (Lipinski definition) is 1. The van der Waals surface area contributed by atoms with Crippen LogP contribution < -0.4 is 4.72 Å². The fourth-order valence-corrected chi connectivity index (χ4v) is 2.02. The fraction of sp³-hybridized carbons (Fsp3) is 0.400. The normalized spacial score (nSPS) is 11.3. The minimum Gasteiger partial charge on any atom is -0.463 e. The molecule has 0 saturated carbocycles. The van der Waals surface area contributed by atoms with Crippen LogP contribution >= 0.6 is 0 Å². The lowest BCUT2D eigenvalue weighted by Gasteiger charge is -2.06. The first kappa shape index (κ1) is 14.2. The molecule has 0 atom stereocenters. The maximum absolute atomic E-state index is 11.7. The van der Waals surface area contributed by atoms with Gasteiger partial charge in [0.15, 0.2) is 0 Å². The molecule has 0 spiro atoms. The average Bonchev–Trinajstić information content (AvgIpc) is 2.77. The van der Waals surface area contributed by atoms with Crippen molar-refractivity contribution in [2.45, 2.75) is 18.9 Å². The third kappa shape index (κ3) is 3.10. The summed E-state index contributed by atoms with van der Waals surface area (Å²) in [6, 6.07) is 2.22. The molecular weight excluding hydrogens is 262 g/mol. The Morgan fingerprint density at radius 1 is 1.33 bits per heavy atom. The van der Waals surface area contributed by atoms with Crippen LogP contribution in [-0.4, -0.2) is 27.4 Å². The van der Waals surface area contributed by atoms with Gasteiger partial charge in [-0.15, -0.1) is 0 Å². The molecule has 0 unspecified atom stereocenters. The Morgan fingerprint density at radius 2 is 1.94 bits per heavy atom. The van der Waals surface area contributed by atoms with E-state index in [2.05, 4.69) is 4.74 Å². The van der Waals surface area contributed by atoms with E-state index in [0.717, 1.165) is 19.2 Å². The van der Waals surface area contributed by atoms with Crippen LogP contribution in [0.25, 0.3) is 0 Å². The summed E-state index contributed by atoms with van der Waals surface area (Å²) in [7, 11) is -2.96. The van der Waals surface area contributed by atoms with Crippen molar-refractivity contribution < 1.29 is 27.2 Å². The van der Waals surface area contributed by atoms with Gasteiger partial charge in [-0.2, -0.15) is 8.42 Å². The summed E-state index contributed by atoms with van der Waals surface area (Å²) < 4.78 is 34.4. The molecule has 1 aromatic heterocycles. The van der Waals surface area contributed by atoms with E-state index in [4.69, 9.17) is 4.42 Å². The molecule has 1 amide bonds. The lowest BCUT2D eigenvalue weighted by Crippen LogP contribution is -2.33. The quantitative estimate of drug-likeness (QED) is 0.804. The molecule has 1 rings (SSSR count). The van der Waals surface area contributed by atoms with Gasteiger partial charge in [0.2, 0.25) is 16.8 Å². The third-order valence-electron chi connectivity index (χ3n) is 1.99. The largest absolute Gasteiger partial charge is 0.463 e. The topological polar surface area (TPSA) is 103 Å². The smallest absolute Gasteiger partial charge is 0.374 e. The Balaban J connectivity index is 2.96. The van der Waals surface area contributed by atoms with Gasteiger partial charge < -0.3 is 9.15 Å².